The average molecular weight is 1320 g/mol. The van der Waals surface area contributed by atoms with Crippen molar-refractivity contribution in [1.29, 1.82) is 0 Å². The van der Waals surface area contributed by atoms with Gasteiger partial charge >= 0.3 is 0 Å². The third kappa shape index (κ3) is 13.8. The van der Waals surface area contributed by atoms with Gasteiger partial charge in [-0.1, -0.05) is 72.8 Å². The molecule has 30 heteroatoms. The Morgan fingerprint density at radius 3 is 1.51 bits per heavy atom. The summed E-state index contributed by atoms with van der Waals surface area (Å²) in [6.07, 6.45) is 0. The van der Waals surface area contributed by atoms with Crippen LogP contribution < -0.4 is 21.5 Å². The number of hydrogen-bond donors (Lipinski definition) is 9. The minimum atomic E-state index is -5.41. The maximum atomic E-state index is 14.5. The maximum absolute atomic E-state index is 14.5. The maximum Gasteiger partial charge on any atom is 0.295 e. The van der Waals surface area contributed by atoms with Gasteiger partial charge < -0.3 is 21.5 Å². The first-order valence-corrected chi connectivity index (χ1v) is 33.7. The normalized spacial score (nSPS) is 12.6. The molecule has 91 heavy (non-hydrogen) atoms. The number of aryl methyl sites for hydroxylation is 1. The second-order valence-electron chi connectivity index (χ2n) is 20.0. The number of benzene rings is 11. The van der Waals surface area contributed by atoms with Crippen molar-refractivity contribution >= 4 is 151 Å². The van der Waals surface area contributed by atoms with E-state index in [2.05, 4.69) is 52.2 Å². The molecule has 11 rings (SSSR count). The molecule has 0 aromatic heterocycles. The molecule has 0 bridgehead atoms. The minimum absolute atomic E-state index is 0.00831. The van der Waals surface area contributed by atoms with E-state index in [9.17, 15) is 64.9 Å². The highest BCUT2D eigenvalue weighted by Crippen LogP contribution is 2.50. The predicted molar refractivity (Wildman–Crippen MR) is 343 cm³/mol. The Morgan fingerprint density at radius 2 is 0.879 bits per heavy atom. The molecule has 0 heterocycles. The Labute approximate surface area is 519 Å². The lowest BCUT2D eigenvalue weighted by Gasteiger charge is -2.20. The zero-order chi connectivity index (χ0) is 64.6. The fraction of sp³-hybridized carbons (Fsp3) is 0.0164. The molecule has 0 fully saturated rings. The van der Waals surface area contributed by atoms with Crippen molar-refractivity contribution in [3.05, 3.63) is 212 Å². The number of azo groups is 3. The predicted octanol–water partition coefficient (Wildman–Crippen LogP) is 15.5. The smallest absolute Gasteiger partial charge is 0.295 e. The van der Waals surface area contributed by atoms with Gasteiger partial charge in [-0.3, -0.25) is 22.8 Å². The fourth-order valence-corrected chi connectivity index (χ4v) is 13.0. The first-order chi connectivity index (χ1) is 43.2. The van der Waals surface area contributed by atoms with E-state index in [0.717, 1.165) is 30.3 Å². The van der Waals surface area contributed by atoms with Crippen LogP contribution >= 0.6 is 0 Å². The molecule has 460 valence electrons. The van der Waals surface area contributed by atoms with Crippen LogP contribution in [0.2, 0.25) is 0 Å². The van der Waals surface area contributed by atoms with Gasteiger partial charge in [-0.25, -0.2) is 0 Å². The number of anilines is 6. The van der Waals surface area contributed by atoms with Gasteiger partial charge in [-0.2, -0.15) is 57.4 Å². The van der Waals surface area contributed by atoms with Gasteiger partial charge in [-0.05, 0) is 146 Å². The van der Waals surface area contributed by atoms with E-state index in [0.29, 0.717) is 39.4 Å². The second-order valence-corrected chi connectivity index (χ2v) is 27.0. The fourth-order valence-electron chi connectivity index (χ4n) is 9.85. The Morgan fingerprint density at radius 1 is 0.330 bits per heavy atom. The van der Waals surface area contributed by atoms with E-state index >= 15 is 0 Å². The van der Waals surface area contributed by atoms with E-state index in [4.69, 9.17) is 0 Å². The molecule has 0 unspecified atom stereocenters. The van der Waals surface area contributed by atoms with Crippen LogP contribution in [0.4, 0.5) is 68.2 Å². The molecular weight excluding hydrogens is 1270 g/mol. The van der Waals surface area contributed by atoms with E-state index in [1.54, 1.807) is 79.7 Å². The number of hydrogen-bond acceptors (Lipinski definition) is 20. The molecule has 0 aliphatic rings. The molecular formula is C61H46N10O15S5. The third-order valence-corrected chi connectivity index (χ3v) is 18.4. The van der Waals surface area contributed by atoms with Gasteiger partial charge in [0, 0.05) is 66.2 Å². The summed E-state index contributed by atoms with van der Waals surface area (Å²) in [5, 5.41) is 33.5. The van der Waals surface area contributed by atoms with Gasteiger partial charge in [0.25, 0.3) is 50.6 Å². The summed E-state index contributed by atoms with van der Waals surface area (Å²) >= 11 is 0. The molecule has 0 saturated heterocycles. The van der Waals surface area contributed by atoms with Crippen LogP contribution in [0.15, 0.2) is 261 Å². The largest absolute Gasteiger partial charge is 0.355 e. The minimum Gasteiger partial charge on any atom is -0.355 e. The van der Waals surface area contributed by atoms with Crippen molar-refractivity contribution in [1.82, 2.24) is 0 Å². The van der Waals surface area contributed by atoms with Crippen molar-refractivity contribution in [2.75, 3.05) is 21.5 Å². The first-order valence-electron chi connectivity index (χ1n) is 26.5. The summed E-state index contributed by atoms with van der Waals surface area (Å²) < 4.78 is 179. The summed E-state index contributed by atoms with van der Waals surface area (Å²) in [6.45, 7) is 1.67. The number of nitrogens with one attached hydrogen (secondary N) is 4. The standard InChI is InChI=1S/C61H46N10O15S5/c1-36-32-41(20-27-51(36)67-65-40-14-8-15-43(33-40)88(75,76)77)66-71-60-48-16-9-17-57(90(81,82)83)58(48)56(63-38-12-6-3-7-13-38)35-50(60)46-25-26-47-53(30-31-55(59(47)61(46)91(84,85)86)62-37-10-4-2-5-11-37)69-70-54-29-28-52(45-24-23-44(34-49(45)54)89(78,79)80)68-64-39-18-21-42(22-19-39)87(72,73)74/h2-35,62-64,68H,1H3,(H,72,73,74)(H,75,76,77)(H,78,79,80)(H,81,82,83)(H,84,85,86). The summed E-state index contributed by atoms with van der Waals surface area (Å²) in [5.41, 5.74) is 8.36. The van der Waals surface area contributed by atoms with Crippen molar-refractivity contribution in [2.24, 2.45) is 30.7 Å². The zero-order valence-electron chi connectivity index (χ0n) is 46.7. The Balaban J connectivity index is 1.10. The Hall–Kier alpha value is -10.3. The molecule has 0 radical (unpaired) electrons. The van der Waals surface area contributed by atoms with Crippen molar-refractivity contribution in [3.8, 4) is 11.1 Å². The van der Waals surface area contributed by atoms with Gasteiger partial charge in [0.05, 0.1) is 54.5 Å². The number of nitrogens with zero attached hydrogens (tertiary/aromatic N) is 6. The number of fused-ring (bicyclic) bond motifs is 3. The summed E-state index contributed by atoms with van der Waals surface area (Å²) in [4.78, 5) is -2.52. The van der Waals surface area contributed by atoms with Crippen molar-refractivity contribution < 1.29 is 64.9 Å². The van der Waals surface area contributed by atoms with E-state index in [-0.39, 0.29) is 82.8 Å². The summed E-state index contributed by atoms with van der Waals surface area (Å²) in [5.74, 6) is 0. The molecule has 0 spiro atoms. The van der Waals surface area contributed by atoms with Crippen LogP contribution in [0, 0.1) is 6.92 Å². The van der Waals surface area contributed by atoms with Crippen LogP contribution in [0.25, 0.3) is 43.4 Å². The lowest BCUT2D eigenvalue weighted by Crippen LogP contribution is -2.09. The molecule has 11 aromatic carbocycles. The molecule has 0 atom stereocenters. The average Bonchev–Trinajstić information content (AvgIpc) is 0.733. The quantitative estimate of drug-likeness (QED) is 0.0206. The number of rotatable bonds is 19. The molecule has 9 N–H and O–H groups in total. The molecule has 0 aliphatic carbocycles. The SMILES string of the molecule is Cc1cc(N=Nc2c(-c3ccc4c(N=Nc5ccc(NNc6ccc(S(=O)(=O)O)cc6)c6ccc(S(=O)(=O)O)cc56)ccc(Nc5ccccc5)c4c3S(=O)(=O)O)cc(Nc3ccccc3)c3c(S(=O)(=O)O)cccc23)ccc1N=Nc1cccc(S(=O)(=O)O)c1. The van der Waals surface area contributed by atoms with Crippen molar-refractivity contribution in [2.45, 2.75) is 31.4 Å². The molecule has 0 amide bonds. The topological polar surface area (TPSA) is 394 Å². The highest BCUT2D eigenvalue weighted by atomic mass is 32.2. The number of para-hydroxylation sites is 2. The van der Waals surface area contributed by atoms with Crippen LogP contribution in [-0.2, 0) is 50.6 Å². The highest BCUT2D eigenvalue weighted by molar-refractivity contribution is 7.87. The van der Waals surface area contributed by atoms with E-state index < -0.39 is 70.2 Å². The summed E-state index contributed by atoms with van der Waals surface area (Å²) in [7, 11) is -24.2. The molecule has 25 nitrogen and oxygen atoms in total. The lowest BCUT2D eigenvalue weighted by molar-refractivity contribution is 0.481. The van der Waals surface area contributed by atoms with Crippen LogP contribution in [0.5, 0.6) is 0 Å². The van der Waals surface area contributed by atoms with Crippen LogP contribution in [0.1, 0.15) is 5.56 Å². The lowest BCUT2D eigenvalue weighted by atomic mass is 9.94. The van der Waals surface area contributed by atoms with Gasteiger partial charge in [-0.15, -0.1) is 15.3 Å². The van der Waals surface area contributed by atoms with Gasteiger partial charge in [0.2, 0.25) is 0 Å². The van der Waals surface area contributed by atoms with Gasteiger partial charge in [0.1, 0.15) is 15.5 Å². The van der Waals surface area contributed by atoms with Crippen molar-refractivity contribution in [3.63, 3.8) is 0 Å². The van der Waals surface area contributed by atoms with Crippen LogP contribution in [-0.4, -0.2) is 64.9 Å². The van der Waals surface area contributed by atoms with E-state index in [1.165, 1.54) is 103 Å². The second kappa shape index (κ2) is 24.6. The molecule has 0 saturated carbocycles. The van der Waals surface area contributed by atoms with E-state index in [1.807, 2.05) is 0 Å². The van der Waals surface area contributed by atoms with Crippen LogP contribution in [0.3, 0.4) is 0 Å². The third-order valence-electron chi connectivity index (χ3n) is 14.0. The monoisotopic (exact) mass is 1320 g/mol. The first kappa shape index (κ1) is 62.4. The zero-order valence-corrected chi connectivity index (χ0v) is 50.8. The van der Waals surface area contributed by atoms with Gasteiger partial charge in [0.15, 0.2) is 0 Å². The molecule has 11 aromatic rings. The Kier molecular flexibility index (Phi) is 16.9. The Bertz CT molecular complexity index is 5460. The summed E-state index contributed by atoms with van der Waals surface area (Å²) in [6, 6.07) is 49.9. The number of hydrazine groups is 1. The molecule has 0 aliphatic heterocycles. The highest BCUT2D eigenvalue weighted by Gasteiger charge is 2.29.